The van der Waals surface area contributed by atoms with Crippen LogP contribution in [0.2, 0.25) is 0 Å². The molecule has 1 fully saturated rings. The van der Waals surface area contributed by atoms with Crippen molar-refractivity contribution in [1.29, 1.82) is 0 Å². The van der Waals surface area contributed by atoms with E-state index in [2.05, 4.69) is 20.9 Å². The van der Waals surface area contributed by atoms with Crippen LogP contribution in [0, 0.1) is 5.92 Å². The Bertz CT molecular complexity index is 1250. The second-order valence-electron chi connectivity index (χ2n) is 9.16. The predicted octanol–water partition coefficient (Wildman–Crippen LogP) is 4.80. The fourth-order valence-corrected chi connectivity index (χ4v) is 4.03. The highest BCUT2D eigenvalue weighted by Gasteiger charge is 2.36. The van der Waals surface area contributed by atoms with Crippen molar-refractivity contribution in [2.24, 2.45) is 10.9 Å². The van der Waals surface area contributed by atoms with E-state index in [-0.39, 0.29) is 43.6 Å². The minimum Gasteiger partial charge on any atom is -0.444 e. The van der Waals surface area contributed by atoms with Crippen molar-refractivity contribution in [3.63, 3.8) is 0 Å². The first-order valence-corrected chi connectivity index (χ1v) is 13.1. The van der Waals surface area contributed by atoms with Crippen LogP contribution in [0.5, 0.6) is 0 Å². The van der Waals surface area contributed by atoms with E-state index < -0.39 is 12.2 Å². The van der Waals surface area contributed by atoms with E-state index in [0.29, 0.717) is 12.8 Å². The fourth-order valence-electron chi connectivity index (χ4n) is 4.03. The van der Waals surface area contributed by atoms with Crippen LogP contribution in [0.25, 0.3) is 6.08 Å². The van der Waals surface area contributed by atoms with E-state index in [1.807, 2.05) is 103 Å². The van der Waals surface area contributed by atoms with Gasteiger partial charge in [0.25, 0.3) is 0 Å². The third-order valence-corrected chi connectivity index (χ3v) is 6.18. The molecule has 2 atom stereocenters. The molecule has 0 aliphatic carbocycles. The number of benzene rings is 3. The molecule has 9 heteroatoms. The van der Waals surface area contributed by atoms with Crippen LogP contribution in [0.3, 0.4) is 0 Å². The van der Waals surface area contributed by atoms with Crippen LogP contribution < -0.4 is 16.0 Å². The maximum atomic E-state index is 12.4. The molecule has 1 aliphatic rings. The number of carbonyl (C=O) groups is 3. The summed E-state index contributed by atoms with van der Waals surface area (Å²) in [6.45, 7) is 0.395. The highest BCUT2D eigenvalue weighted by atomic mass is 16.6. The van der Waals surface area contributed by atoms with Gasteiger partial charge < -0.3 is 14.8 Å². The summed E-state index contributed by atoms with van der Waals surface area (Å²) >= 11 is 0. The number of nitrogens with one attached hydrogen (secondary N) is 3. The molecule has 3 aromatic rings. The van der Waals surface area contributed by atoms with Gasteiger partial charge in [0.05, 0.1) is 12.0 Å². The predicted molar refractivity (Wildman–Crippen MR) is 152 cm³/mol. The van der Waals surface area contributed by atoms with Crippen LogP contribution >= 0.6 is 0 Å². The Morgan fingerprint density at radius 3 is 1.85 bits per heavy atom. The molecule has 3 N–H and O–H groups in total. The number of ether oxygens (including phenoxy) is 2. The number of aliphatic imine (C=N–C) groups is 1. The number of alkyl carbamates (subject to hydrolysis) is 2. The minimum absolute atomic E-state index is 0.00264. The molecule has 206 valence electrons. The number of hydrogen-bond donors (Lipinski definition) is 3. The standard InChI is InChI=1S/C31H32N4O5/c36-28-26(27(33-28)19-18-23-11-4-1-5-12-23)17-10-20-32-29(34-30(37)39-21-24-13-6-2-7-14-24)35-31(38)40-22-25-15-8-3-9-16-25/h1-9,11-16,18-19,26-27H,10,17,20-22H2,(H,33,36)(H2,32,34,35,37,38)/b19-18+/t26-,27+/m1/s1. The molecule has 0 spiro atoms. The lowest BCUT2D eigenvalue weighted by Crippen LogP contribution is -2.56. The molecule has 4 rings (SSSR count). The van der Waals surface area contributed by atoms with Crippen LogP contribution in [0.4, 0.5) is 9.59 Å². The number of carbonyl (C=O) groups excluding carboxylic acids is 3. The van der Waals surface area contributed by atoms with Gasteiger partial charge in [-0.05, 0) is 29.5 Å². The largest absolute Gasteiger partial charge is 0.444 e. The summed E-state index contributed by atoms with van der Waals surface area (Å²) in [6, 6.07) is 28.3. The summed E-state index contributed by atoms with van der Waals surface area (Å²) in [5.74, 6) is -0.252. The number of β-lactam (4-membered cyclic amide) rings is 1. The molecule has 1 aliphatic heterocycles. The second-order valence-corrected chi connectivity index (χ2v) is 9.16. The Morgan fingerprint density at radius 1 is 0.800 bits per heavy atom. The monoisotopic (exact) mass is 540 g/mol. The summed E-state index contributed by atoms with van der Waals surface area (Å²) in [6.07, 6.45) is 3.61. The third kappa shape index (κ3) is 9.13. The van der Waals surface area contributed by atoms with E-state index in [9.17, 15) is 14.4 Å². The van der Waals surface area contributed by atoms with Gasteiger partial charge in [-0.25, -0.2) is 9.59 Å². The summed E-state index contributed by atoms with van der Waals surface area (Å²) in [5, 5.41) is 7.86. The molecule has 0 bridgehead atoms. The average Bonchev–Trinajstić information content (AvgIpc) is 2.98. The van der Waals surface area contributed by atoms with Crippen LogP contribution in [0.15, 0.2) is 102 Å². The molecule has 9 nitrogen and oxygen atoms in total. The number of hydrogen-bond acceptors (Lipinski definition) is 6. The lowest BCUT2D eigenvalue weighted by atomic mass is 9.86. The topological polar surface area (TPSA) is 118 Å². The van der Waals surface area contributed by atoms with E-state index in [0.717, 1.165) is 16.7 Å². The Balaban J connectivity index is 1.29. The first-order valence-electron chi connectivity index (χ1n) is 13.1. The van der Waals surface area contributed by atoms with E-state index in [1.54, 1.807) is 0 Å². The Labute approximate surface area is 233 Å². The lowest BCUT2D eigenvalue weighted by molar-refractivity contribution is -0.133. The van der Waals surface area contributed by atoms with Gasteiger partial charge in [0, 0.05) is 6.54 Å². The van der Waals surface area contributed by atoms with Crippen molar-refractivity contribution in [2.75, 3.05) is 6.54 Å². The average molecular weight is 541 g/mol. The van der Waals surface area contributed by atoms with Crippen LogP contribution in [-0.4, -0.2) is 36.6 Å². The molecule has 40 heavy (non-hydrogen) atoms. The van der Waals surface area contributed by atoms with Crippen LogP contribution in [0.1, 0.15) is 29.5 Å². The second kappa shape index (κ2) is 14.9. The summed E-state index contributed by atoms with van der Waals surface area (Å²) in [7, 11) is 0. The maximum absolute atomic E-state index is 12.4. The minimum atomic E-state index is -0.768. The van der Waals surface area contributed by atoms with Gasteiger partial charge in [0.15, 0.2) is 0 Å². The van der Waals surface area contributed by atoms with Gasteiger partial charge in [-0.3, -0.25) is 20.4 Å². The number of amides is 3. The summed E-state index contributed by atoms with van der Waals surface area (Å²) < 4.78 is 10.5. The lowest BCUT2D eigenvalue weighted by Gasteiger charge is -2.34. The quantitative estimate of drug-likeness (QED) is 0.148. The van der Waals surface area contributed by atoms with Gasteiger partial charge in [-0.15, -0.1) is 0 Å². The van der Waals surface area contributed by atoms with Crippen molar-refractivity contribution in [1.82, 2.24) is 16.0 Å². The van der Waals surface area contributed by atoms with Crippen molar-refractivity contribution in [3.8, 4) is 0 Å². The molecular formula is C31H32N4O5. The molecule has 0 radical (unpaired) electrons. The van der Waals surface area contributed by atoms with Gasteiger partial charge in [0.2, 0.25) is 11.9 Å². The van der Waals surface area contributed by atoms with Gasteiger partial charge >= 0.3 is 12.2 Å². The number of rotatable bonds is 10. The maximum Gasteiger partial charge on any atom is 0.414 e. The zero-order chi connectivity index (χ0) is 28.0. The Kier molecular flexibility index (Phi) is 10.4. The molecule has 1 heterocycles. The molecular weight excluding hydrogens is 508 g/mol. The van der Waals surface area contributed by atoms with Gasteiger partial charge in [-0.2, -0.15) is 0 Å². The van der Waals surface area contributed by atoms with E-state index in [1.165, 1.54) is 0 Å². The van der Waals surface area contributed by atoms with E-state index >= 15 is 0 Å². The number of guanidine groups is 1. The fraction of sp³-hybridized carbons (Fsp3) is 0.226. The normalized spacial score (nSPS) is 15.8. The molecule has 3 amide bonds. The zero-order valence-electron chi connectivity index (χ0n) is 22.0. The van der Waals surface area contributed by atoms with Crippen LogP contribution in [-0.2, 0) is 27.5 Å². The number of nitrogens with zero attached hydrogens (tertiary/aromatic N) is 1. The highest BCUT2D eigenvalue weighted by Crippen LogP contribution is 2.22. The Morgan fingerprint density at radius 2 is 1.32 bits per heavy atom. The van der Waals surface area contributed by atoms with Gasteiger partial charge in [-0.1, -0.05) is 103 Å². The Hall–Kier alpha value is -4.92. The molecule has 0 aromatic heterocycles. The van der Waals surface area contributed by atoms with Crippen molar-refractivity contribution in [2.45, 2.75) is 32.1 Å². The zero-order valence-corrected chi connectivity index (χ0v) is 22.0. The summed E-state index contributed by atoms with van der Waals surface area (Å²) in [5.41, 5.74) is 2.70. The molecule has 0 unspecified atom stereocenters. The molecule has 3 aromatic carbocycles. The summed E-state index contributed by atoms with van der Waals surface area (Å²) in [4.78, 5) is 41.2. The molecule has 0 saturated carbocycles. The van der Waals surface area contributed by atoms with Crippen molar-refractivity contribution < 1.29 is 23.9 Å². The first-order chi connectivity index (χ1) is 19.6. The smallest absolute Gasteiger partial charge is 0.414 e. The van der Waals surface area contributed by atoms with E-state index in [4.69, 9.17) is 9.47 Å². The van der Waals surface area contributed by atoms with Crippen molar-refractivity contribution in [3.05, 3.63) is 114 Å². The van der Waals surface area contributed by atoms with Crippen molar-refractivity contribution >= 4 is 30.1 Å². The van der Waals surface area contributed by atoms with Gasteiger partial charge in [0.1, 0.15) is 13.2 Å². The third-order valence-electron chi connectivity index (χ3n) is 6.18. The SMILES string of the molecule is O=C(NC(=NCCC[C@H]1C(=O)N[C@H]1/C=C/c1ccccc1)NC(=O)OCc1ccccc1)OCc1ccccc1. The first kappa shape index (κ1) is 28.1. The highest BCUT2D eigenvalue weighted by molar-refractivity contribution is 6.01. The molecule has 1 saturated heterocycles.